The first-order valence-electron chi connectivity index (χ1n) is 6.24. The van der Waals surface area contributed by atoms with Crippen molar-refractivity contribution in [1.82, 2.24) is 0 Å². The number of hydrogen-bond acceptors (Lipinski definition) is 1. The molecule has 1 aromatic rings. The average molecular weight is 228 g/mol. The Morgan fingerprint density at radius 3 is 2.41 bits per heavy atom. The van der Waals surface area contributed by atoms with Crippen molar-refractivity contribution in [2.24, 2.45) is 0 Å². The first kappa shape index (κ1) is 12.1. The second kappa shape index (κ2) is 5.33. The van der Waals surface area contributed by atoms with Gasteiger partial charge in [0.1, 0.15) is 0 Å². The normalized spacial score (nSPS) is 22.2. The van der Waals surface area contributed by atoms with Gasteiger partial charge in [0.2, 0.25) is 0 Å². The van der Waals surface area contributed by atoms with E-state index in [2.05, 4.69) is 37.4 Å². The molecule has 17 heavy (non-hydrogen) atoms. The third-order valence-electron chi connectivity index (χ3n) is 3.46. The summed E-state index contributed by atoms with van der Waals surface area (Å²) >= 11 is 0. The molecule has 0 amide bonds. The van der Waals surface area contributed by atoms with Crippen LogP contribution in [0.2, 0.25) is 0 Å². The molecule has 0 radical (unpaired) electrons. The zero-order valence-electron chi connectivity index (χ0n) is 10.3. The van der Waals surface area contributed by atoms with Crippen LogP contribution < -0.4 is 0 Å². The summed E-state index contributed by atoms with van der Waals surface area (Å²) in [5.74, 6) is 0. The molecule has 1 aliphatic rings. The van der Waals surface area contributed by atoms with E-state index < -0.39 is 0 Å². The van der Waals surface area contributed by atoms with Crippen LogP contribution in [0.3, 0.4) is 0 Å². The molecule has 1 heteroatoms. The van der Waals surface area contributed by atoms with Crippen LogP contribution in [0.25, 0.3) is 0 Å². The molecule has 1 atom stereocenters. The fourth-order valence-corrected chi connectivity index (χ4v) is 2.63. The Balaban J connectivity index is 2.11. The van der Waals surface area contributed by atoms with Crippen LogP contribution in [0.15, 0.2) is 55.6 Å². The maximum absolute atomic E-state index is 6.27. The largest absolute Gasteiger partial charge is 0.366 e. The molecular formula is C16H20O. The van der Waals surface area contributed by atoms with Crippen LogP contribution in [0.5, 0.6) is 0 Å². The van der Waals surface area contributed by atoms with Gasteiger partial charge in [-0.1, -0.05) is 42.5 Å². The van der Waals surface area contributed by atoms with Gasteiger partial charge >= 0.3 is 0 Å². The molecule has 0 saturated carbocycles. The van der Waals surface area contributed by atoms with Gasteiger partial charge < -0.3 is 4.74 Å². The third-order valence-corrected chi connectivity index (χ3v) is 3.46. The van der Waals surface area contributed by atoms with Gasteiger partial charge in [-0.25, -0.2) is 0 Å². The highest BCUT2D eigenvalue weighted by Crippen LogP contribution is 2.43. The van der Waals surface area contributed by atoms with Crippen molar-refractivity contribution in [2.45, 2.75) is 37.4 Å². The standard InChI is InChI=1S/C16H20O/c1-3-11-16(12-4-2)13-10-15(17-16)14-8-6-5-7-9-14/h3-9,15H,1-2,10-13H2. The van der Waals surface area contributed by atoms with E-state index in [0.29, 0.717) is 0 Å². The summed E-state index contributed by atoms with van der Waals surface area (Å²) in [6.45, 7) is 7.67. The molecule has 2 rings (SSSR count). The molecule has 1 fully saturated rings. The number of rotatable bonds is 5. The van der Waals surface area contributed by atoms with Crippen molar-refractivity contribution in [3.8, 4) is 0 Å². The SMILES string of the molecule is C=CCC1(CC=C)CCC(c2ccccc2)O1. The average Bonchev–Trinajstić information content (AvgIpc) is 2.76. The smallest absolute Gasteiger partial charge is 0.0833 e. The molecule has 1 nitrogen and oxygen atoms in total. The zero-order chi connectivity index (χ0) is 12.1. The molecule has 1 saturated heterocycles. The van der Waals surface area contributed by atoms with E-state index >= 15 is 0 Å². The van der Waals surface area contributed by atoms with Gasteiger partial charge in [-0.15, -0.1) is 13.2 Å². The van der Waals surface area contributed by atoms with Crippen molar-refractivity contribution >= 4 is 0 Å². The molecular weight excluding hydrogens is 208 g/mol. The minimum Gasteiger partial charge on any atom is -0.366 e. The number of ether oxygens (including phenoxy) is 1. The summed E-state index contributed by atoms with van der Waals surface area (Å²) in [7, 11) is 0. The van der Waals surface area contributed by atoms with Crippen LogP contribution in [0.4, 0.5) is 0 Å². The van der Waals surface area contributed by atoms with Crippen molar-refractivity contribution in [2.75, 3.05) is 0 Å². The summed E-state index contributed by atoms with van der Waals surface area (Å²) in [6.07, 6.45) is 8.13. The maximum atomic E-state index is 6.27. The molecule has 90 valence electrons. The van der Waals surface area contributed by atoms with Crippen molar-refractivity contribution in [1.29, 1.82) is 0 Å². The summed E-state index contributed by atoms with van der Waals surface area (Å²) < 4.78 is 6.27. The minimum absolute atomic E-state index is 0.0655. The molecule has 0 aliphatic carbocycles. The van der Waals surface area contributed by atoms with Crippen LogP contribution in [-0.2, 0) is 4.74 Å². The van der Waals surface area contributed by atoms with Gasteiger partial charge in [0.25, 0.3) is 0 Å². The summed E-state index contributed by atoms with van der Waals surface area (Å²) in [4.78, 5) is 0. The predicted molar refractivity (Wildman–Crippen MR) is 71.9 cm³/mol. The van der Waals surface area contributed by atoms with Crippen LogP contribution >= 0.6 is 0 Å². The van der Waals surface area contributed by atoms with E-state index in [-0.39, 0.29) is 11.7 Å². The van der Waals surface area contributed by atoms with Crippen molar-refractivity contribution in [3.63, 3.8) is 0 Å². The molecule has 0 N–H and O–H groups in total. The second-order valence-corrected chi connectivity index (χ2v) is 4.72. The lowest BCUT2D eigenvalue weighted by molar-refractivity contribution is -0.0383. The Morgan fingerprint density at radius 2 is 1.82 bits per heavy atom. The van der Waals surface area contributed by atoms with Crippen molar-refractivity contribution < 1.29 is 4.74 Å². The lowest BCUT2D eigenvalue weighted by Gasteiger charge is -2.27. The van der Waals surface area contributed by atoms with E-state index in [0.717, 1.165) is 25.7 Å². The van der Waals surface area contributed by atoms with Crippen molar-refractivity contribution in [3.05, 3.63) is 61.2 Å². The highest BCUT2D eigenvalue weighted by molar-refractivity contribution is 5.19. The first-order chi connectivity index (χ1) is 8.29. The molecule has 1 aliphatic heterocycles. The highest BCUT2D eigenvalue weighted by Gasteiger charge is 2.38. The summed E-state index contributed by atoms with van der Waals surface area (Å²) in [6, 6.07) is 10.5. The van der Waals surface area contributed by atoms with Gasteiger partial charge in [-0.2, -0.15) is 0 Å². The third kappa shape index (κ3) is 2.67. The van der Waals surface area contributed by atoms with Gasteiger partial charge in [0, 0.05) is 0 Å². The molecule has 1 heterocycles. The topological polar surface area (TPSA) is 9.23 Å². The Labute approximate surface area is 104 Å². The van der Waals surface area contributed by atoms with Crippen LogP contribution in [0.1, 0.15) is 37.4 Å². The monoisotopic (exact) mass is 228 g/mol. The van der Waals surface area contributed by atoms with Crippen LogP contribution in [-0.4, -0.2) is 5.60 Å². The predicted octanol–water partition coefficient (Wildman–Crippen LogP) is 4.43. The molecule has 0 aromatic heterocycles. The summed E-state index contributed by atoms with van der Waals surface area (Å²) in [5.41, 5.74) is 1.21. The van der Waals surface area contributed by atoms with E-state index in [1.165, 1.54) is 5.56 Å². The zero-order valence-corrected chi connectivity index (χ0v) is 10.3. The highest BCUT2D eigenvalue weighted by atomic mass is 16.5. The summed E-state index contributed by atoms with van der Waals surface area (Å²) in [5, 5.41) is 0. The Hall–Kier alpha value is -1.34. The quantitative estimate of drug-likeness (QED) is 0.677. The number of benzene rings is 1. The van der Waals surface area contributed by atoms with Gasteiger partial charge in [0.05, 0.1) is 11.7 Å². The molecule has 1 unspecified atom stereocenters. The minimum atomic E-state index is -0.0655. The maximum Gasteiger partial charge on any atom is 0.0833 e. The Morgan fingerprint density at radius 1 is 1.18 bits per heavy atom. The molecule has 1 aromatic carbocycles. The van der Waals surface area contributed by atoms with E-state index in [4.69, 9.17) is 4.74 Å². The Kier molecular flexibility index (Phi) is 3.80. The van der Waals surface area contributed by atoms with Gasteiger partial charge in [0.15, 0.2) is 0 Å². The Bertz CT molecular complexity index is 370. The lowest BCUT2D eigenvalue weighted by atomic mass is 9.92. The van der Waals surface area contributed by atoms with E-state index in [1.807, 2.05) is 18.2 Å². The fraction of sp³-hybridized carbons (Fsp3) is 0.375. The van der Waals surface area contributed by atoms with E-state index in [9.17, 15) is 0 Å². The molecule has 0 spiro atoms. The second-order valence-electron chi connectivity index (χ2n) is 4.72. The lowest BCUT2D eigenvalue weighted by Crippen LogP contribution is -2.26. The fourth-order valence-electron chi connectivity index (χ4n) is 2.63. The van der Waals surface area contributed by atoms with Crippen LogP contribution in [0, 0.1) is 0 Å². The first-order valence-corrected chi connectivity index (χ1v) is 6.24. The van der Waals surface area contributed by atoms with Gasteiger partial charge in [-0.3, -0.25) is 0 Å². The number of hydrogen-bond donors (Lipinski definition) is 0. The van der Waals surface area contributed by atoms with Gasteiger partial charge in [-0.05, 0) is 31.2 Å². The van der Waals surface area contributed by atoms with E-state index in [1.54, 1.807) is 0 Å². The molecule has 0 bridgehead atoms.